The molecule has 1 aromatic carbocycles. The van der Waals surface area contributed by atoms with E-state index in [1.165, 1.54) is 0 Å². The van der Waals surface area contributed by atoms with Crippen LogP contribution in [-0.2, 0) is 7.05 Å². The van der Waals surface area contributed by atoms with E-state index < -0.39 is 5.91 Å². The lowest BCUT2D eigenvalue weighted by Gasteiger charge is -2.22. The molecule has 1 aromatic heterocycles. The van der Waals surface area contributed by atoms with Gasteiger partial charge < -0.3 is 20.9 Å². The lowest BCUT2D eigenvalue weighted by Crippen LogP contribution is -2.36. The number of hydrogen-bond donors (Lipinski definition) is 3. The zero-order valence-corrected chi connectivity index (χ0v) is 14.3. The van der Waals surface area contributed by atoms with Gasteiger partial charge in [0, 0.05) is 30.7 Å². The molecule has 0 fully saturated rings. The predicted molar refractivity (Wildman–Crippen MR) is 92.6 cm³/mol. The number of primary amides is 1. The SMILES string of the molecule is Cc1c(NC(=O)NC(c2nccn2C)C(C)C)cccc1C(N)=O. The minimum absolute atomic E-state index is 0.162. The predicted octanol–water partition coefficient (Wildman–Crippen LogP) is 2.35. The second-order valence-electron chi connectivity index (χ2n) is 6.06. The maximum atomic E-state index is 12.4. The number of aryl methyl sites for hydroxylation is 1. The quantitative estimate of drug-likeness (QED) is 0.784. The number of anilines is 1. The third-order valence-electron chi connectivity index (χ3n) is 3.94. The lowest BCUT2D eigenvalue weighted by atomic mass is 10.0. The normalized spacial score (nSPS) is 12.0. The molecule has 0 aliphatic heterocycles. The van der Waals surface area contributed by atoms with Crippen LogP contribution in [0, 0.1) is 12.8 Å². The Hall–Kier alpha value is -2.83. The first kappa shape index (κ1) is 17.5. The summed E-state index contributed by atoms with van der Waals surface area (Å²) >= 11 is 0. The molecule has 0 spiro atoms. The molecule has 0 aliphatic carbocycles. The highest BCUT2D eigenvalue weighted by Crippen LogP contribution is 2.21. The molecule has 0 saturated heterocycles. The second-order valence-corrected chi connectivity index (χ2v) is 6.06. The monoisotopic (exact) mass is 329 g/mol. The maximum Gasteiger partial charge on any atom is 0.319 e. The number of hydrogen-bond acceptors (Lipinski definition) is 3. The molecule has 24 heavy (non-hydrogen) atoms. The summed E-state index contributed by atoms with van der Waals surface area (Å²) < 4.78 is 1.88. The van der Waals surface area contributed by atoms with E-state index in [9.17, 15) is 9.59 Å². The molecule has 1 heterocycles. The van der Waals surface area contributed by atoms with E-state index in [2.05, 4.69) is 15.6 Å². The molecule has 0 bridgehead atoms. The van der Waals surface area contributed by atoms with E-state index in [-0.39, 0.29) is 18.0 Å². The van der Waals surface area contributed by atoms with Gasteiger partial charge in [0.25, 0.3) is 0 Å². The fraction of sp³-hybridized carbons (Fsp3) is 0.353. The molecule has 0 radical (unpaired) electrons. The smallest absolute Gasteiger partial charge is 0.319 e. The number of imidazole rings is 1. The minimum Gasteiger partial charge on any atom is -0.366 e. The fourth-order valence-corrected chi connectivity index (χ4v) is 2.54. The van der Waals surface area contributed by atoms with Gasteiger partial charge in [-0.05, 0) is 30.5 Å². The summed E-state index contributed by atoms with van der Waals surface area (Å²) in [7, 11) is 1.89. The standard InChI is InChI=1S/C17H23N5O2/c1-10(2)14(16-19-8-9-22(16)4)21-17(24)20-13-7-5-6-12(11(13)3)15(18)23/h5-10,14H,1-4H3,(H2,18,23)(H2,20,21,24). The third kappa shape index (κ3) is 3.73. The van der Waals surface area contributed by atoms with Gasteiger partial charge in [-0.2, -0.15) is 0 Å². The summed E-state index contributed by atoms with van der Waals surface area (Å²) in [5.74, 6) is 0.419. The molecule has 2 aromatic rings. The Morgan fingerprint density at radius 1 is 1.29 bits per heavy atom. The number of aromatic nitrogens is 2. The molecule has 1 unspecified atom stereocenters. The van der Waals surface area contributed by atoms with E-state index >= 15 is 0 Å². The van der Waals surface area contributed by atoms with Gasteiger partial charge in [-0.3, -0.25) is 4.79 Å². The number of nitrogens with zero attached hydrogens (tertiary/aromatic N) is 2. The highest BCUT2D eigenvalue weighted by Gasteiger charge is 2.22. The summed E-state index contributed by atoms with van der Waals surface area (Å²) in [6, 6.07) is 4.45. The van der Waals surface area contributed by atoms with Crippen LogP contribution in [0.3, 0.4) is 0 Å². The van der Waals surface area contributed by atoms with Crippen molar-refractivity contribution in [2.45, 2.75) is 26.8 Å². The molecule has 1 atom stereocenters. The summed E-state index contributed by atoms with van der Waals surface area (Å²) in [6.45, 7) is 5.77. The molecule has 128 valence electrons. The van der Waals surface area contributed by atoms with Gasteiger partial charge in [0.05, 0.1) is 6.04 Å². The summed E-state index contributed by atoms with van der Waals surface area (Å²) in [5, 5.41) is 5.71. The van der Waals surface area contributed by atoms with Crippen LogP contribution in [0.5, 0.6) is 0 Å². The van der Waals surface area contributed by atoms with Crippen molar-refractivity contribution < 1.29 is 9.59 Å². The van der Waals surface area contributed by atoms with Crippen LogP contribution in [0.4, 0.5) is 10.5 Å². The first-order valence-corrected chi connectivity index (χ1v) is 7.75. The van der Waals surface area contributed by atoms with Crippen LogP contribution in [0.1, 0.15) is 41.6 Å². The summed E-state index contributed by atoms with van der Waals surface area (Å²) in [4.78, 5) is 28.1. The van der Waals surface area contributed by atoms with Gasteiger partial charge in [0.15, 0.2) is 0 Å². The van der Waals surface area contributed by atoms with Crippen molar-refractivity contribution in [1.82, 2.24) is 14.9 Å². The van der Waals surface area contributed by atoms with Gasteiger partial charge in [0.1, 0.15) is 5.82 Å². The Kier molecular flexibility index (Phi) is 5.23. The van der Waals surface area contributed by atoms with Crippen LogP contribution < -0.4 is 16.4 Å². The molecule has 2 rings (SSSR count). The molecule has 4 N–H and O–H groups in total. The van der Waals surface area contributed by atoms with Gasteiger partial charge in [-0.15, -0.1) is 0 Å². The zero-order chi connectivity index (χ0) is 17.9. The first-order chi connectivity index (χ1) is 11.3. The number of amides is 3. The Morgan fingerprint density at radius 2 is 2.00 bits per heavy atom. The Morgan fingerprint density at radius 3 is 2.54 bits per heavy atom. The van der Waals surface area contributed by atoms with E-state index in [1.807, 2.05) is 31.7 Å². The zero-order valence-electron chi connectivity index (χ0n) is 14.3. The Labute approximate surface area is 141 Å². The van der Waals surface area contributed by atoms with Crippen LogP contribution in [0.25, 0.3) is 0 Å². The van der Waals surface area contributed by atoms with E-state index in [4.69, 9.17) is 5.73 Å². The topological polar surface area (TPSA) is 102 Å². The average Bonchev–Trinajstić information content (AvgIpc) is 2.92. The highest BCUT2D eigenvalue weighted by atomic mass is 16.2. The molecular formula is C17H23N5O2. The Balaban J connectivity index is 2.17. The van der Waals surface area contributed by atoms with Crippen molar-refractivity contribution in [3.63, 3.8) is 0 Å². The van der Waals surface area contributed by atoms with Crippen LogP contribution in [0.2, 0.25) is 0 Å². The van der Waals surface area contributed by atoms with E-state index in [0.717, 1.165) is 5.82 Å². The fourth-order valence-electron chi connectivity index (χ4n) is 2.54. The van der Waals surface area contributed by atoms with Crippen LogP contribution in [-0.4, -0.2) is 21.5 Å². The molecule has 0 aliphatic rings. The number of nitrogens with one attached hydrogen (secondary N) is 2. The third-order valence-corrected chi connectivity index (χ3v) is 3.94. The van der Waals surface area contributed by atoms with Crippen LogP contribution in [0.15, 0.2) is 30.6 Å². The number of nitrogens with two attached hydrogens (primary N) is 1. The van der Waals surface area contributed by atoms with Crippen molar-refractivity contribution in [1.29, 1.82) is 0 Å². The Bertz CT molecular complexity index is 751. The first-order valence-electron chi connectivity index (χ1n) is 7.75. The molecular weight excluding hydrogens is 306 g/mol. The van der Waals surface area contributed by atoms with E-state index in [1.54, 1.807) is 31.3 Å². The largest absolute Gasteiger partial charge is 0.366 e. The van der Waals surface area contributed by atoms with Gasteiger partial charge in [-0.1, -0.05) is 19.9 Å². The number of carbonyl (C=O) groups excluding carboxylic acids is 2. The highest BCUT2D eigenvalue weighted by molar-refractivity contribution is 5.98. The van der Waals surface area contributed by atoms with Gasteiger partial charge in [0.2, 0.25) is 5.91 Å². The van der Waals surface area contributed by atoms with Gasteiger partial charge in [-0.25, -0.2) is 9.78 Å². The van der Waals surface area contributed by atoms with Crippen molar-refractivity contribution in [3.05, 3.63) is 47.5 Å². The summed E-state index contributed by atoms with van der Waals surface area (Å²) in [6.07, 6.45) is 3.54. The minimum atomic E-state index is -0.523. The lowest BCUT2D eigenvalue weighted by molar-refractivity contribution is 0.0999. The van der Waals surface area contributed by atoms with Crippen LogP contribution >= 0.6 is 0 Å². The number of benzene rings is 1. The van der Waals surface area contributed by atoms with Crippen molar-refractivity contribution in [3.8, 4) is 0 Å². The van der Waals surface area contributed by atoms with Gasteiger partial charge >= 0.3 is 6.03 Å². The second kappa shape index (κ2) is 7.16. The van der Waals surface area contributed by atoms with Crippen molar-refractivity contribution in [2.24, 2.45) is 18.7 Å². The molecule has 3 amide bonds. The maximum absolute atomic E-state index is 12.4. The number of rotatable bonds is 5. The molecule has 7 nitrogen and oxygen atoms in total. The van der Waals surface area contributed by atoms with Crippen molar-refractivity contribution in [2.75, 3.05) is 5.32 Å². The average molecular weight is 329 g/mol. The molecule has 0 saturated carbocycles. The number of urea groups is 1. The summed E-state index contributed by atoms with van der Waals surface area (Å²) in [5.41, 5.74) is 6.91. The molecule has 7 heteroatoms. The van der Waals surface area contributed by atoms with Crippen molar-refractivity contribution >= 4 is 17.6 Å². The number of carbonyl (C=O) groups is 2. The van der Waals surface area contributed by atoms with E-state index in [0.29, 0.717) is 16.8 Å².